The van der Waals surface area contributed by atoms with Crippen LogP contribution in [0.3, 0.4) is 0 Å². The Labute approximate surface area is 150 Å². The molecule has 0 unspecified atom stereocenters. The van der Waals surface area contributed by atoms with Gasteiger partial charge in [0.05, 0.1) is 6.54 Å². The lowest BCUT2D eigenvalue weighted by Gasteiger charge is -2.23. The second-order valence-corrected chi connectivity index (χ2v) is 7.56. The molecule has 2 rings (SSSR count). The zero-order valence-corrected chi connectivity index (χ0v) is 15.7. The first kappa shape index (κ1) is 19.5. The molecule has 0 bridgehead atoms. The highest BCUT2D eigenvalue weighted by Crippen LogP contribution is 2.28. The second kappa shape index (κ2) is 9.59. The summed E-state index contributed by atoms with van der Waals surface area (Å²) in [6.45, 7) is 6.71. The number of aryl methyl sites for hydroxylation is 1. The number of carbonyl (C=O) groups excluding carboxylic acids is 2. The van der Waals surface area contributed by atoms with E-state index in [1.54, 1.807) is 17.9 Å². The number of hydrogen-bond acceptors (Lipinski definition) is 4. The van der Waals surface area contributed by atoms with Crippen LogP contribution in [0, 0.1) is 18.8 Å². The minimum atomic E-state index is -0.230. The van der Waals surface area contributed by atoms with Gasteiger partial charge >= 0.3 is 0 Å². The fraction of sp³-hybridized carbons (Fsp3) is 0.737. The SMILES string of the molecule is Cc1cc(NC(=O)CN(CCC(C)C)C(=O)CCC2CCCC2)no1. The summed E-state index contributed by atoms with van der Waals surface area (Å²) in [5.41, 5.74) is 0. The minimum absolute atomic E-state index is 0.0716. The van der Waals surface area contributed by atoms with Gasteiger partial charge < -0.3 is 14.7 Å². The number of aromatic nitrogens is 1. The summed E-state index contributed by atoms with van der Waals surface area (Å²) in [4.78, 5) is 26.6. The number of amides is 2. The number of hydrogen-bond donors (Lipinski definition) is 1. The molecular weight excluding hydrogens is 318 g/mol. The van der Waals surface area contributed by atoms with E-state index in [9.17, 15) is 9.59 Å². The summed E-state index contributed by atoms with van der Waals surface area (Å²) < 4.78 is 4.95. The Morgan fingerprint density at radius 3 is 2.68 bits per heavy atom. The van der Waals surface area contributed by atoms with Crippen LogP contribution in [-0.4, -0.2) is 35.0 Å². The summed E-state index contributed by atoms with van der Waals surface area (Å²) >= 11 is 0. The first-order valence-corrected chi connectivity index (χ1v) is 9.45. The van der Waals surface area contributed by atoms with Crippen molar-refractivity contribution in [3.8, 4) is 0 Å². The third-order valence-electron chi connectivity index (χ3n) is 4.80. The fourth-order valence-electron chi connectivity index (χ4n) is 3.27. The van der Waals surface area contributed by atoms with Crippen molar-refractivity contribution >= 4 is 17.6 Å². The Kier molecular flexibility index (Phi) is 7.47. The van der Waals surface area contributed by atoms with E-state index < -0.39 is 0 Å². The van der Waals surface area contributed by atoms with Gasteiger partial charge in [0, 0.05) is 19.0 Å². The lowest BCUT2D eigenvalue weighted by atomic mass is 10.0. The lowest BCUT2D eigenvalue weighted by molar-refractivity contribution is -0.135. The molecule has 6 nitrogen and oxygen atoms in total. The van der Waals surface area contributed by atoms with Crippen LogP contribution < -0.4 is 5.32 Å². The summed E-state index contributed by atoms with van der Waals surface area (Å²) in [6.07, 6.45) is 7.44. The van der Waals surface area contributed by atoms with Crippen molar-refractivity contribution in [1.29, 1.82) is 0 Å². The number of nitrogens with zero attached hydrogens (tertiary/aromatic N) is 2. The number of rotatable bonds is 9. The van der Waals surface area contributed by atoms with Crippen molar-refractivity contribution in [2.75, 3.05) is 18.4 Å². The van der Waals surface area contributed by atoms with Gasteiger partial charge in [-0.1, -0.05) is 44.7 Å². The number of nitrogens with one attached hydrogen (secondary N) is 1. The largest absolute Gasteiger partial charge is 0.360 e. The maximum Gasteiger partial charge on any atom is 0.245 e. The molecule has 0 atom stereocenters. The van der Waals surface area contributed by atoms with Gasteiger partial charge in [-0.25, -0.2) is 0 Å². The molecule has 1 aromatic rings. The molecule has 25 heavy (non-hydrogen) atoms. The predicted octanol–water partition coefficient (Wildman–Crippen LogP) is 3.77. The van der Waals surface area contributed by atoms with Gasteiger partial charge in [0.15, 0.2) is 5.82 Å². The van der Waals surface area contributed by atoms with Crippen molar-refractivity contribution < 1.29 is 14.1 Å². The van der Waals surface area contributed by atoms with E-state index >= 15 is 0 Å². The first-order chi connectivity index (χ1) is 11.9. The van der Waals surface area contributed by atoms with E-state index in [2.05, 4.69) is 24.3 Å². The topological polar surface area (TPSA) is 75.4 Å². The van der Waals surface area contributed by atoms with E-state index in [0.29, 0.717) is 36.4 Å². The van der Waals surface area contributed by atoms with Crippen LogP contribution in [0.2, 0.25) is 0 Å². The molecule has 1 heterocycles. The molecule has 0 saturated heterocycles. The molecular formula is C19H31N3O3. The third-order valence-corrected chi connectivity index (χ3v) is 4.80. The molecule has 1 aromatic heterocycles. The average molecular weight is 349 g/mol. The summed E-state index contributed by atoms with van der Waals surface area (Å²) in [6, 6.07) is 1.66. The van der Waals surface area contributed by atoms with E-state index in [1.807, 2.05) is 0 Å². The molecule has 0 aromatic carbocycles. The predicted molar refractivity (Wildman–Crippen MR) is 97.1 cm³/mol. The third kappa shape index (κ3) is 6.88. The quantitative estimate of drug-likeness (QED) is 0.736. The van der Waals surface area contributed by atoms with Crippen LogP contribution in [0.25, 0.3) is 0 Å². The maximum absolute atomic E-state index is 12.6. The molecule has 0 spiro atoms. The van der Waals surface area contributed by atoms with Gasteiger partial charge in [-0.3, -0.25) is 9.59 Å². The number of anilines is 1. The van der Waals surface area contributed by atoms with Crippen molar-refractivity contribution in [1.82, 2.24) is 10.1 Å². The zero-order valence-electron chi connectivity index (χ0n) is 15.7. The van der Waals surface area contributed by atoms with E-state index in [0.717, 1.165) is 12.8 Å². The molecule has 2 amide bonds. The van der Waals surface area contributed by atoms with Crippen LogP contribution in [0.1, 0.15) is 64.6 Å². The summed E-state index contributed by atoms with van der Waals surface area (Å²) in [5, 5.41) is 6.46. The Hall–Kier alpha value is -1.85. The number of carbonyl (C=O) groups is 2. The van der Waals surface area contributed by atoms with Crippen LogP contribution in [0.4, 0.5) is 5.82 Å². The Morgan fingerprint density at radius 2 is 2.08 bits per heavy atom. The van der Waals surface area contributed by atoms with Crippen molar-refractivity contribution in [2.24, 2.45) is 11.8 Å². The van der Waals surface area contributed by atoms with Gasteiger partial charge in [0.1, 0.15) is 5.76 Å². The van der Waals surface area contributed by atoms with Gasteiger partial charge in [-0.05, 0) is 31.6 Å². The zero-order chi connectivity index (χ0) is 18.2. The van der Waals surface area contributed by atoms with Gasteiger partial charge in [-0.15, -0.1) is 0 Å². The highest BCUT2D eigenvalue weighted by atomic mass is 16.5. The van der Waals surface area contributed by atoms with Gasteiger partial charge in [0.2, 0.25) is 11.8 Å². The molecule has 140 valence electrons. The Bertz CT molecular complexity index is 562. The van der Waals surface area contributed by atoms with Crippen molar-refractivity contribution in [3.05, 3.63) is 11.8 Å². The molecule has 0 radical (unpaired) electrons. The molecule has 1 aliphatic carbocycles. The van der Waals surface area contributed by atoms with Crippen LogP contribution >= 0.6 is 0 Å². The van der Waals surface area contributed by atoms with E-state index in [1.165, 1.54) is 25.7 Å². The normalized spacial score (nSPS) is 14.9. The molecule has 1 fully saturated rings. The Balaban J connectivity index is 1.86. The fourth-order valence-corrected chi connectivity index (χ4v) is 3.27. The second-order valence-electron chi connectivity index (χ2n) is 7.56. The minimum Gasteiger partial charge on any atom is -0.360 e. The van der Waals surface area contributed by atoms with Crippen molar-refractivity contribution in [3.63, 3.8) is 0 Å². The molecule has 6 heteroatoms. The highest BCUT2D eigenvalue weighted by Gasteiger charge is 2.21. The van der Waals surface area contributed by atoms with Gasteiger partial charge in [0.25, 0.3) is 0 Å². The van der Waals surface area contributed by atoms with Crippen molar-refractivity contribution in [2.45, 2.75) is 65.7 Å². The van der Waals surface area contributed by atoms with Gasteiger partial charge in [-0.2, -0.15) is 0 Å². The molecule has 0 aliphatic heterocycles. The highest BCUT2D eigenvalue weighted by molar-refractivity contribution is 5.93. The lowest BCUT2D eigenvalue weighted by Crippen LogP contribution is -2.39. The molecule has 1 aliphatic rings. The van der Waals surface area contributed by atoms with Crippen LogP contribution in [-0.2, 0) is 9.59 Å². The molecule has 1 saturated carbocycles. The smallest absolute Gasteiger partial charge is 0.245 e. The van der Waals surface area contributed by atoms with Crippen LogP contribution in [0.15, 0.2) is 10.6 Å². The average Bonchev–Trinajstić information content (AvgIpc) is 3.20. The van der Waals surface area contributed by atoms with E-state index in [-0.39, 0.29) is 18.4 Å². The van der Waals surface area contributed by atoms with E-state index in [4.69, 9.17) is 4.52 Å². The Morgan fingerprint density at radius 1 is 1.36 bits per heavy atom. The van der Waals surface area contributed by atoms with Crippen LogP contribution in [0.5, 0.6) is 0 Å². The maximum atomic E-state index is 12.6. The monoisotopic (exact) mass is 349 g/mol. The first-order valence-electron chi connectivity index (χ1n) is 9.45. The summed E-state index contributed by atoms with van der Waals surface area (Å²) in [5.74, 6) is 2.06. The molecule has 1 N–H and O–H groups in total. The summed E-state index contributed by atoms with van der Waals surface area (Å²) in [7, 11) is 0. The standard InChI is InChI=1S/C19H31N3O3/c1-14(2)10-11-22(19(24)9-8-16-6-4-5-7-16)13-18(23)20-17-12-15(3)25-21-17/h12,14,16H,4-11,13H2,1-3H3,(H,20,21,23).